The van der Waals surface area contributed by atoms with Crippen molar-refractivity contribution >= 4 is 28.3 Å². The van der Waals surface area contributed by atoms with Crippen molar-refractivity contribution in [2.24, 2.45) is 0 Å². The van der Waals surface area contributed by atoms with Gasteiger partial charge < -0.3 is 47.9 Å². The molecule has 16 nitrogen and oxygen atoms in total. The lowest BCUT2D eigenvalue weighted by Crippen LogP contribution is -2.21. The molecule has 4 aromatic carbocycles. The molecule has 0 aliphatic carbocycles. The van der Waals surface area contributed by atoms with Gasteiger partial charge in [-0.1, -0.05) is 68.8 Å². The lowest BCUT2D eigenvalue weighted by atomic mass is 9.92. The van der Waals surface area contributed by atoms with Crippen molar-refractivity contribution in [2.75, 3.05) is 111 Å². The molecular weight excluding hydrogens is 881 g/mol. The molecule has 2 N–H and O–H groups in total. The van der Waals surface area contributed by atoms with Crippen LogP contribution in [0.2, 0.25) is 0 Å². The van der Waals surface area contributed by atoms with Crippen molar-refractivity contribution < 1.29 is 47.4 Å². The minimum absolute atomic E-state index is 0.222. The van der Waals surface area contributed by atoms with Gasteiger partial charge in [0.1, 0.15) is 23.1 Å². The summed E-state index contributed by atoms with van der Waals surface area (Å²) in [6.45, 7) is 15.2. The maximum absolute atomic E-state index is 13.6. The van der Waals surface area contributed by atoms with Crippen molar-refractivity contribution in [1.82, 2.24) is 19.7 Å². The number of hydrogen-bond acceptors (Lipinski definition) is 13. The summed E-state index contributed by atoms with van der Waals surface area (Å²) in [7, 11) is 3.31. The second-order valence-electron chi connectivity index (χ2n) is 17.2. The number of aryl methyl sites for hydroxylation is 2. The number of carbonyl (C=O) groups is 1. The van der Waals surface area contributed by atoms with Crippen LogP contribution < -0.4 is 20.1 Å². The van der Waals surface area contributed by atoms with E-state index in [0.29, 0.717) is 121 Å². The second kappa shape index (κ2) is 27.9. The quantitative estimate of drug-likeness (QED) is 0.0411. The van der Waals surface area contributed by atoms with E-state index in [9.17, 15) is 4.79 Å². The van der Waals surface area contributed by atoms with Crippen LogP contribution in [0.3, 0.4) is 0 Å². The summed E-state index contributed by atoms with van der Waals surface area (Å²) in [4.78, 5) is 22.9. The molecule has 0 saturated heterocycles. The Bertz CT molecular complexity index is 2470. The fourth-order valence-corrected chi connectivity index (χ4v) is 7.09. The number of aromatic nitrogens is 4. The average Bonchev–Trinajstić information content (AvgIpc) is 3.77. The van der Waals surface area contributed by atoms with E-state index < -0.39 is 6.03 Å². The number of hydrogen-bond donors (Lipinski definition) is 2. The van der Waals surface area contributed by atoms with Gasteiger partial charge in [-0.15, -0.1) is 0 Å². The van der Waals surface area contributed by atoms with Gasteiger partial charge in [0.15, 0.2) is 0 Å². The monoisotopic (exact) mass is 948 g/mol. The van der Waals surface area contributed by atoms with Gasteiger partial charge in [-0.05, 0) is 67.3 Å². The Labute approximate surface area is 405 Å². The van der Waals surface area contributed by atoms with E-state index in [1.165, 1.54) is 0 Å². The van der Waals surface area contributed by atoms with Crippen LogP contribution >= 0.6 is 0 Å². The third kappa shape index (κ3) is 17.5. The van der Waals surface area contributed by atoms with Crippen molar-refractivity contribution in [3.8, 4) is 23.1 Å². The Morgan fingerprint density at radius 1 is 0.652 bits per heavy atom. The van der Waals surface area contributed by atoms with E-state index in [1.54, 1.807) is 31.2 Å². The number of nitrogens with zero attached hydrogens (tertiary/aromatic N) is 4. The number of ether oxygens (including phenoxy) is 9. The van der Waals surface area contributed by atoms with E-state index in [2.05, 4.69) is 42.5 Å². The minimum atomic E-state index is -0.398. The molecule has 0 aliphatic heterocycles. The first-order chi connectivity index (χ1) is 33.6. The topological polar surface area (TPSA) is 168 Å². The molecule has 69 heavy (non-hydrogen) atoms. The zero-order valence-corrected chi connectivity index (χ0v) is 40.9. The highest BCUT2D eigenvalue weighted by molar-refractivity contribution is 6.07. The molecule has 0 fully saturated rings. The van der Waals surface area contributed by atoms with Crippen molar-refractivity contribution in [2.45, 2.75) is 52.4 Å². The van der Waals surface area contributed by atoms with Crippen LogP contribution in [0.15, 0.2) is 97.2 Å². The van der Waals surface area contributed by atoms with Gasteiger partial charge in [-0.25, -0.2) is 14.5 Å². The van der Waals surface area contributed by atoms with Crippen molar-refractivity contribution in [1.29, 1.82) is 0 Å². The summed E-state index contributed by atoms with van der Waals surface area (Å²) >= 11 is 0. The normalized spacial score (nSPS) is 11.6. The first-order valence-corrected chi connectivity index (χ1v) is 23.5. The second-order valence-corrected chi connectivity index (χ2v) is 17.2. The smallest absolute Gasteiger partial charge is 0.324 e. The Morgan fingerprint density at radius 2 is 1.26 bits per heavy atom. The van der Waals surface area contributed by atoms with Gasteiger partial charge in [0.05, 0.1) is 103 Å². The van der Waals surface area contributed by atoms with E-state index >= 15 is 0 Å². The minimum Gasteiger partial charge on any atom is -0.497 e. The standard InChI is InChI=1S/C53H68N6O10/c1-39-13-15-42(16-14-39)59-50(38-48(58-59)53(2,3)4)57-52(60)55-46-17-18-47(45-12-8-7-11-44(45)46)69-51-19-20-54-49(56-51)37-41-34-40(35-43(36-41)62-6)10-9-21-63-24-25-65-28-29-67-32-33-68-31-30-66-27-26-64-23-22-61-5/h7-8,11-20,34-36,38H,9-10,21-33,37H2,1-6H3,(H2,55,57,60). The van der Waals surface area contributed by atoms with Crippen LogP contribution in [0.25, 0.3) is 16.5 Å². The van der Waals surface area contributed by atoms with Gasteiger partial charge in [-0.2, -0.15) is 10.1 Å². The number of urea groups is 1. The van der Waals surface area contributed by atoms with Gasteiger partial charge in [0, 0.05) is 54.7 Å². The largest absolute Gasteiger partial charge is 0.497 e. The Balaban J connectivity index is 0.932. The molecule has 0 bridgehead atoms. The summed E-state index contributed by atoms with van der Waals surface area (Å²) in [6, 6.07) is 28.9. The van der Waals surface area contributed by atoms with Gasteiger partial charge in [0.25, 0.3) is 0 Å². The lowest BCUT2D eigenvalue weighted by molar-refractivity contribution is -0.0191. The molecule has 0 saturated carbocycles. The van der Waals surface area contributed by atoms with E-state index in [-0.39, 0.29) is 5.41 Å². The molecule has 6 rings (SSSR count). The highest BCUT2D eigenvalue weighted by Gasteiger charge is 2.22. The molecular formula is C53H68N6O10. The fourth-order valence-electron chi connectivity index (χ4n) is 7.09. The molecule has 0 radical (unpaired) electrons. The van der Waals surface area contributed by atoms with Crippen LogP contribution in [-0.2, 0) is 51.4 Å². The van der Waals surface area contributed by atoms with E-state index in [0.717, 1.165) is 57.4 Å². The number of amides is 2. The van der Waals surface area contributed by atoms with Crippen molar-refractivity contribution in [3.05, 3.63) is 125 Å². The number of carbonyl (C=O) groups excluding carboxylic acids is 1. The highest BCUT2D eigenvalue weighted by atomic mass is 16.6. The molecule has 370 valence electrons. The number of fused-ring (bicyclic) bond motifs is 1. The van der Waals surface area contributed by atoms with Gasteiger partial charge in [-0.3, -0.25) is 5.32 Å². The Hall–Kier alpha value is -5.98. The first kappa shape index (κ1) is 52.4. The summed E-state index contributed by atoms with van der Waals surface area (Å²) in [5, 5.41) is 12.5. The number of methoxy groups -OCH3 is 2. The van der Waals surface area contributed by atoms with E-state index in [1.807, 2.05) is 85.8 Å². The highest BCUT2D eigenvalue weighted by Crippen LogP contribution is 2.35. The fraction of sp³-hybridized carbons (Fsp3) is 0.434. The molecule has 16 heteroatoms. The third-order valence-electron chi connectivity index (χ3n) is 10.7. The molecule has 0 atom stereocenters. The molecule has 0 aliphatic rings. The molecule has 2 heterocycles. The summed E-state index contributed by atoms with van der Waals surface area (Å²) < 4.78 is 52.1. The van der Waals surface area contributed by atoms with Crippen LogP contribution in [0.1, 0.15) is 55.4 Å². The molecule has 6 aromatic rings. The summed E-state index contributed by atoms with van der Waals surface area (Å²) in [5.74, 6) is 2.92. The van der Waals surface area contributed by atoms with Crippen LogP contribution in [0, 0.1) is 6.92 Å². The predicted octanol–water partition coefficient (Wildman–Crippen LogP) is 9.14. The van der Waals surface area contributed by atoms with Crippen LogP contribution in [0.4, 0.5) is 16.3 Å². The van der Waals surface area contributed by atoms with Gasteiger partial charge in [0.2, 0.25) is 5.88 Å². The summed E-state index contributed by atoms with van der Waals surface area (Å²) in [5.41, 5.74) is 5.40. The van der Waals surface area contributed by atoms with Gasteiger partial charge >= 0.3 is 6.03 Å². The number of anilines is 2. The lowest BCUT2D eigenvalue weighted by Gasteiger charge is -2.14. The van der Waals surface area contributed by atoms with E-state index in [4.69, 9.17) is 52.7 Å². The number of nitrogens with one attached hydrogen (secondary N) is 2. The zero-order valence-electron chi connectivity index (χ0n) is 40.9. The first-order valence-electron chi connectivity index (χ1n) is 23.5. The molecule has 0 unspecified atom stereocenters. The number of benzene rings is 4. The maximum atomic E-state index is 13.6. The predicted molar refractivity (Wildman–Crippen MR) is 267 cm³/mol. The SMILES string of the molecule is COCCOCCOCCOCCOCCOCCOCCCc1cc(Cc2nccc(Oc3ccc(NC(=O)Nc4cc(C(C)(C)C)nn4-c4ccc(C)cc4)c4ccccc34)n2)cc(OC)c1. The molecule has 0 spiro atoms. The molecule has 2 amide bonds. The Morgan fingerprint density at radius 3 is 1.88 bits per heavy atom. The third-order valence-corrected chi connectivity index (χ3v) is 10.7. The summed E-state index contributed by atoms with van der Waals surface area (Å²) in [6.07, 6.45) is 3.83. The maximum Gasteiger partial charge on any atom is 0.324 e. The molecule has 2 aromatic heterocycles. The van der Waals surface area contributed by atoms with Crippen LogP contribution in [-0.4, -0.2) is 126 Å². The average molecular weight is 949 g/mol. The number of rotatable bonds is 30. The van der Waals surface area contributed by atoms with Crippen LogP contribution in [0.5, 0.6) is 17.4 Å². The Kier molecular flexibility index (Phi) is 21.2. The van der Waals surface area contributed by atoms with Crippen molar-refractivity contribution in [3.63, 3.8) is 0 Å². The zero-order chi connectivity index (χ0) is 48.7.